The molecule has 0 aliphatic heterocycles. The quantitative estimate of drug-likeness (QED) is 0.281. The predicted octanol–water partition coefficient (Wildman–Crippen LogP) is 7.62. The van der Waals surface area contributed by atoms with Gasteiger partial charge in [-0.25, -0.2) is 4.98 Å². The molecule has 0 spiro atoms. The molecule has 0 bridgehead atoms. The number of hydrogen-bond donors (Lipinski definition) is 0. The van der Waals surface area contributed by atoms with Gasteiger partial charge in [-0.2, -0.15) is 5.26 Å². The van der Waals surface area contributed by atoms with Crippen LogP contribution in [0.3, 0.4) is 0 Å². The van der Waals surface area contributed by atoms with Gasteiger partial charge in [0, 0.05) is 33.6 Å². The van der Waals surface area contributed by atoms with Crippen molar-refractivity contribution >= 4 is 43.7 Å². The number of aromatic nitrogens is 2. The fraction of sp³-hybridized carbons (Fsp3) is 0. The van der Waals surface area contributed by atoms with Crippen molar-refractivity contribution in [1.82, 2.24) is 9.55 Å². The van der Waals surface area contributed by atoms with Gasteiger partial charge in [-0.15, -0.1) is 0 Å². The molecule has 0 amide bonds. The minimum Gasteiger partial charge on any atom is -0.455 e. The molecule has 0 aliphatic carbocycles. The van der Waals surface area contributed by atoms with E-state index in [4.69, 9.17) is 4.42 Å². The van der Waals surface area contributed by atoms with E-state index in [-0.39, 0.29) is 0 Å². The fourth-order valence-electron chi connectivity index (χ4n) is 5.05. The zero-order valence-corrected chi connectivity index (χ0v) is 18.1. The first kappa shape index (κ1) is 18.7. The van der Waals surface area contributed by atoms with Gasteiger partial charge in [0.05, 0.1) is 16.4 Å². The van der Waals surface area contributed by atoms with Crippen LogP contribution in [0, 0.1) is 11.3 Å². The summed E-state index contributed by atoms with van der Waals surface area (Å²) < 4.78 is 8.66. The van der Waals surface area contributed by atoms with Gasteiger partial charge in [0.1, 0.15) is 22.9 Å². The molecule has 34 heavy (non-hydrogen) atoms. The molecule has 4 nitrogen and oxygen atoms in total. The van der Waals surface area contributed by atoms with Crippen LogP contribution >= 0.6 is 0 Å². The summed E-state index contributed by atoms with van der Waals surface area (Å²) in [5, 5.41) is 14.0. The molecule has 0 saturated carbocycles. The second-order valence-corrected chi connectivity index (χ2v) is 8.35. The number of hydrogen-bond acceptors (Lipinski definition) is 3. The van der Waals surface area contributed by atoms with Crippen LogP contribution in [0.25, 0.3) is 60.6 Å². The second kappa shape index (κ2) is 7.06. The Hall–Kier alpha value is -4.88. The molecule has 0 atom stereocenters. The lowest BCUT2D eigenvalue weighted by Crippen LogP contribution is -1.95. The van der Waals surface area contributed by atoms with Crippen LogP contribution in [0.1, 0.15) is 5.69 Å². The van der Waals surface area contributed by atoms with Crippen molar-refractivity contribution in [3.8, 4) is 22.9 Å². The number of fused-ring (bicyclic) bond motifs is 7. The topological polar surface area (TPSA) is 54.8 Å². The van der Waals surface area contributed by atoms with Gasteiger partial charge in [-0.3, -0.25) is 0 Å². The predicted molar refractivity (Wildman–Crippen MR) is 136 cm³/mol. The summed E-state index contributed by atoms with van der Waals surface area (Å²) in [6.45, 7) is 0. The zero-order chi connectivity index (χ0) is 22.6. The largest absolute Gasteiger partial charge is 0.455 e. The third-order valence-corrected chi connectivity index (χ3v) is 6.51. The zero-order valence-electron chi connectivity index (χ0n) is 18.1. The number of rotatable bonds is 2. The summed E-state index contributed by atoms with van der Waals surface area (Å²) in [7, 11) is 0. The molecular formula is C30H17N3O. The normalized spacial score (nSPS) is 11.5. The van der Waals surface area contributed by atoms with Crippen molar-refractivity contribution < 1.29 is 4.42 Å². The van der Waals surface area contributed by atoms with Crippen molar-refractivity contribution in [2.24, 2.45) is 0 Å². The SMILES string of the molecule is N#Cc1ncccc1-c1cccc(-n2c3ccccc3c3c4oc5ccccc5c4ccc32)c1. The first-order valence-corrected chi connectivity index (χ1v) is 11.1. The van der Waals surface area contributed by atoms with E-state index in [1.165, 1.54) is 0 Å². The fourth-order valence-corrected chi connectivity index (χ4v) is 5.05. The van der Waals surface area contributed by atoms with E-state index in [9.17, 15) is 5.26 Å². The molecule has 0 saturated heterocycles. The Morgan fingerprint density at radius 1 is 0.735 bits per heavy atom. The highest BCUT2D eigenvalue weighted by molar-refractivity contribution is 6.23. The van der Waals surface area contributed by atoms with Crippen LogP contribution in [-0.4, -0.2) is 9.55 Å². The first-order chi connectivity index (χ1) is 16.8. The summed E-state index contributed by atoms with van der Waals surface area (Å²) in [6, 6.07) is 35.2. The summed E-state index contributed by atoms with van der Waals surface area (Å²) >= 11 is 0. The number of furan rings is 1. The minimum atomic E-state index is 0.422. The lowest BCUT2D eigenvalue weighted by Gasteiger charge is -2.10. The second-order valence-electron chi connectivity index (χ2n) is 8.35. The van der Waals surface area contributed by atoms with Crippen LogP contribution in [0.2, 0.25) is 0 Å². The Balaban J connectivity index is 1.57. The summed E-state index contributed by atoms with van der Waals surface area (Å²) in [6.07, 6.45) is 1.65. The van der Waals surface area contributed by atoms with Crippen molar-refractivity contribution in [2.45, 2.75) is 0 Å². The van der Waals surface area contributed by atoms with Crippen molar-refractivity contribution in [3.63, 3.8) is 0 Å². The minimum absolute atomic E-state index is 0.422. The number of para-hydroxylation sites is 2. The highest BCUT2D eigenvalue weighted by atomic mass is 16.3. The molecule has 158 valence electrons. The van der Waals surface area contributed by atoms with Crippen LogP contribution in [-0.2, 0) is 0 Å². The standard InChI is InChI=1S/C30H17N3O/c31-18-25-21(11-6-16-32-25)19-7-5-8-20(17-19)33-26-12-3-1-10-24(26)29-27(33)15-14-23-22-9-2-4-13-28(22)34-30(23)29/h1-17H. The maximum absolute atomic E-state index is 9.55. The highest BCUT2D eigenvalue weighted by Gasteiger charge is 2.18. The van der Waals surface area contributed by atoms with Gasteiger partial charge in [0.2, 0.25) is 0 Å². The van der Waals surface area contributed by atoms with E-state index in [0.29, 0.717) is 5.69 Å². The summed E-state index contributed by atoms with van der Waals surface area (Å²) in [5.41, 5.74) is 7.21. The Morgan fingerprint density at radius 2 is 1.59 bits per heavy atom. The van der Waals surface area contributed by atoms with Gasteiger partial charge in [0.15, 0.2) is 0 Å². The first-order valence-electron chi connectivity index (χ1n) is 11.1. The van der Waals surface area contributed by atoms with Gasteiger partial charge < -0.3 is 8.98 Å². The highest BCUT2D eigenvalue weighted by Crippen LogP contribution is 2.40. The third-order valence-electron chi connectivity index (χ3n) is 6.51. The van der Waals surface area contributed by atoms with E-state index in [1.807, 2.05) is 42.5 Å². The maximum atomic E-state index is 9.55. The van der Waals surface area contributed by atoms with Gasteiger partial charge in [0.25, 0.3) is 0 Å². The smallest absolute Gasteiger partial charge is 0.148 e. The van der Waals surface area contributed by atoms with Crippen LogP contribution in [0.15, 0.2) is 108 Å². The van der Waals surface area contributed by atoms with E-state index >= 15 is 0 Å². The van der Waals surface area contributed by atoms with Crippen molar-refractivity contribution in [2.75, 3.05) is 0 Å². The lowest BCUT2D eigenvalue weighted by atomic mass is 10.0. The molecule has 0 N–H and O–H groups in total. The Kier molecular flexibility index (Phi) is 3.88. The van der Waals surface area contributed by atoms with Gasteiger partial charge >= 0.3 is 0 Å². The van der Waals surface area contributed by atoms with Crippen LogP contribution < -0.4 is 0 Å². The Bertz CT molecular complexity index is 1930. The molecule has 7 aromatic rings. The molecule has 3 aromatic heterocycles. The molecule has 3 heterocycles. The van der Waals surface area contributed by atoms with E-state index in [1.54, 1.807) is 6.20 Å². The van der Waals surface area contributed by atoms with Crippen LogP contribution in [0.4, 0.5) is 0 Å². The monoisotopic (exact) mass is 435 g/mol. The molecule has 4 heteroatoms. The maximum Gasteiger partial charge on any atom is 0.148 e. The Labute approximate surface area is 194 Å². The summed E-state index contributed by atoms with van der Waals surface area (Å²) in [4.78, 5) is 4.24. The molecular weight excluding hydrogens is 418 g/mol. The lowest BCUT2D eigenvalue weighted by molar-refractivity contribution is 0.673. The third kappa shape index (κ3) is 2.55. The van der Waals surface area contributed by atoms with Crippen molar-refractivity contribution in [3.05, 3.63) is 109 Å². The van der Waals surface area contributed by atoms with E-state index in [2.05, 4.69) is 70.2 Å². The molecule has 4 aromatic carbocycles. The molecule has 0 unspecified atom stereocenters. The van der Waals surface area contributed by atoms with Gasteiger partial charge in [-0.1, -0.05) is 48.5 Å². The Morgan fingerprint density at radius 3 is 2.50 bits per heavy atom. The number of nitrogens with zero attached hydrogens (tertiary/aromatic N) is 3. The van der Waals surface area contributed by atoms with E-state index < -0.39 is 0 Å². The average molecular weight is 435 g/mol. The van der Waals surface area contributed by atoms with Gasteiger partial charge in [-0.05, 0) is 54.1 Å². The molecule has 0 fully saturated rings. The summed E-state index contributed by atoms with van der Waals surface area (Å²) in [5.74, 6) is 0. The van der Waals surface area contributed by atoms with Crippen molar-refractivity contribution in [1.29, 1.82) is 5.26 Å². The number of benzene rings is 4. The molecule has 0 aliphatic rings. The average Bonchev–Trinajstić information content (AvgIpc) is 3.44. The number of nitriles is 1. The van der Waals surface area contributed by atoms with E-state index in [0.717, 1.165) is 60.6 Å². The molecule has 7 rings (SSSR count). The number of pyridine rings is 1. The molecule has 0 radical (unpaired) electrons. The van der Waals surface area contributed by atoms with Crippen LogP contribution in [0.5, 0.6) is 0 Å².